The van der Waals surface area contributed by atoms with E-state index in [4.69, 9.17) is 5.26 Å². The predicted molar refractivity (Wildman–Crippen MR) is 57.8 cm³/mol. The first-order valence-electron chi connectivity index (χ1n) is 5.14. The maximum Gasteiger partial charge on any atom is 0.236 e. The average Bonchev–Trinajstić information content (AvgIpc) is 2.29. The molecule has 7 heteroatoms. The Kier molecular flexibility index (Phi) is 4.26. The zero-order chi connectivity index (χ0) is 12.2. The first-order chi connectivity index (χ1) is 7.51. The zero-order valence-electron chi connectivity index (χ0n) is 9.22. The van der Waals surface area contributed by atoms with Crippen molar-refractivity contribution in [3.63, 3.8) is 0 Å². The largest absolute Gasteiger partial charge is 0.339 e. The van der Waals surface area contributed by atoms with E-state index in [-0.39, 0.29) is 18.1 Å². The van der Waals surface area contributed by atoms with E-state index in [0.717, 1.165) is 0 Å². The van der Waals surface area contributed by atoms with Crippen molar-refractivity contribution >= 4 is 15.9 Å². The lowest BCUT2D eigenvalue weighted by molar-refractivity contribution is -0.131. The van der Waals surface area contributed by atoms with E-state index in [0.29, 0.717) is 26.2 Å². The Morgan fingerprint density at radius 2 is 1.88 bits per heavy atom. The lowest BCUT2D eigenvalue weighted by atomic mass is 10.3. The summed E-state index contributed by atoms with van der Waals surface area (Å²) < 4.78 is 24.4. The second-order valence-electron chi connectivity index (χ2n) is 3.52. The van der Waals surface area contributed by atoms with Crippen LogP contribution < -0.4 is 0 Å². The summed E-state index contributed by atoms with van der Waals surface area (Å²) in [7, 11) is -3.15. The van der Waals surface area contributed by atoms with Gasteiger partial charge in [0, 0.05) is 26.2 Å². The molecule has 0 aromatic heterocycles. The number of nitriles is 1. The second-order valence-corrected chi connectivity index (χ2v) is 5.77. The topological polar surface area (TPSA) is 81.5 Å². The SMILES string of the molecule is CCS(=O)(=O)N1CCN(C(=O)CC#N)CC1. The van der Waals surface area contributed by atoms with E-state index in [1.165, 1.54) is 9.21 Å². The fourth-order valence-electron chi connectivity index (χ4n) is 1.58. The van der Waals surface area contributed by atoms with Crippen molar-refractivity contribution in [1.29, 1.82) is 5.26 Å². The molecule has 1 amide bonds. The minimum atomic E-state index is -3.15. The Morgan fingerprint density at radius 3 is 2.31 bits per heavy atom. The number of nitrogens with zero attached hydrogens (tertiary/aromatic N) is 3. The molecule has 0 bridgehead atoms. The third kappa shape index (κ3) is 2.93. The van der Waals surface area contributed by atoms with Gasteiger partial charge >= 0.3 is 0 Å². The van der Waals surface area contributed by atoms with Crippen LogP contribution in [0.25, 0.3) is 0 Å². The Balaban J connectivity index is 2.53. The van der Waals surface area contributed by atoms with Crippen molar-refractivity contribution in [3.05, 3.63) is 0 Å². The van der Waals surface area contributed by atoms with Gasteiger partial charge in [-0.25, -0.2) is 8.42 Å². The molecule has 0 saturated carbocycles. The fraction of sp³-hybridized carbons (Fsp3) is 0.778. The van der Waals surface area contributed by atoms with Gasteiger partial charge in [0.05, 0.1) is 11.8 Å². The average molecular weight is 245 g/mol. The molecule has 0 aliphatic carbocycles. The molecule has 1 aliphatic rings. The van der Waals surface area contributed by atoms with Crippen LogP contribution in [0.3, 0.4) is 0 Å². The van der Waals surface area contributed by atoms with Crippen molar-refractivity contribution in [3.8, 4) is 6.07 Å². The van der Waals surface area contributed by atoms with Gasteiger partial charge in [-0.05, 0) is 6.92 Å². The monoisotopic (exact) mass is 245 g/mol. The van der Waals surface area contributed by atoms with Crippen LogP contribution in [0.15, 0.2) is 0 Å². The van der Waals surface area contributed by atoms with Gasteiger partial charge in [-0.2, -0.15) is 9.57 Å². The third-order valence-corrected chi connectivity index (χ3v) is 4.46. The van der Waals surface area contributed by atoms with E-state index in [9.17, 15) is 13.2 Å². The minimum Gasteiger partial charge on any atom is -0.339 e. The van der Waals surface area contributed by atoms with Gasteiger partial charge in [-0.1, -0.05) is 0 Å². The van der Waals surface area contributed by atoms with Gasteiger partial charge in [-0.15, -0.1) is 0 Å². The van der Waals surface area contributed by atoms with E-state index in [1.807, 2.05) is 0 Å². The smallest absolute Gasteiger partial charge is 0.236 e. The summed E-state index contributed by atoms with van der Waals surface area (Å²) in [6.07, 6.45) is -0.138. The summed E-state index contributed by atoms with van der Waals surface area (Å²) in [6, 6.07) is 1.79. The van der Waals surface area contributed by atoms with Crippen molar-refractivity contribution in [2.45, 2.75) is 13.3 Å². The number of carbonyl (C=O) groups excluding carboxylic acids is 1. The minimum absolute atomic E-state index is 0.0825. The van der Waals surface area contributed by atoms with Crippen LogP contribution in [0.1, 0.15) is 13.3 Å². The Bertz CT molecular complexity index is 391. The molecule has 90 valence electrons. The summed E-state index contributed by atoms with van der Waals surface area (Å²) in [6.45, 7) is 3.00. The van der Waals surface area contributed by atoms with Gasteiger partial charge in [0.1, 0.15) is 6.42 Å². The first-order valence-corrected chi connectivity index (χ1v) is 6.74. The van der Waals surface area contributed by atoms with Crippen LogP contribution in [0, 0.1) is 11.3 Å². The van der Waals surface area contributed by atoms with Crippen molar-refractivity contribution in [2.75, 3.05) is 31.9 Å². The molecule has 1 fully saturated rings. The molecule has 0 atom stereocenters. The number of rotatable bonds is 3. The Hall–Kier alpha value is -1.13. The van der Waals surface area contributed by atoms with Crippen molar-refractivity contribution in [1.82, 2.24) is 9.21 Å². The van der Waals surface area contributed by atoms with Crippen LogP contribution >= 0.6 is 0 Å². The van der Waals surface area contributed by atoms with E-state index >= 15 is 0 Å². The molecular weight excluding hydrogens is 230 g/mol. The highest BCUT2D eigenvalue weighted by molar-refractivity contribution is 7.89. The number of carbonyl (C=O) groups is 1. The lowest BCUT2D eigenvalue weighted by Crippen LogP contribution is -2.50. The lowest BCUT2D eigenvalue weighted by Gasteiger charge is -2.33. The van der Waals surface area contributed by atoms with Gasteiger partial charge in [-0.3, -0.25) is 4.79 Å². The number of amides is 1. The van der Waals surface area contributed by atoms with Crippen molar-refractivity contribution < 1.29 is 13.2 Å². The van der Waals surface area contributed by atoms with Gasteiger partial charge in [0.25, 0.3) is 0 Å². The highest BCUT2D eigenvalue weighted by Crippen LogP contribution is 2.08. The molecule has 1 saturated heterocycles. The molecule has 0 spiro atoms. The predicted octanol–water partition coefficient (Wildman–Crippen LogP) is -0.606. The summed E-state index contributed by atoms with van der Waals surface area (Å²) in [5.41, 5.74) is 0. The molecular formula is C9H15N3O3S. The highest BCUT2D eigenvalue weighted by Gasteiger charge is 2.27. The first kappa shape index (κ1) is 12.9. The van der Waals surface area contributed by atoms with Crippen LogP contribution in [-0.2, 0) is 14.8 Å². The molecule has 16 heavy (non-hydrogen) atoms. The summed E-state index contributed by atoms with van der Waals surface area (Å²) >= 11 is 0. The second kappa shape index (κ2) is 5.27. The van der Waals surface area contributed by atoms with E-state index in [2.05, 4.69) is 0 Å². The maximum atomic E-state index is 11.5. The van der Waals surface area contributed by atoms with Gasteiger partial charge in [0.2, 0.25) is 15.9 Å². The number of piperazine rings is 1. The molecule has 0 unspecified atom stereocenters. The van der Waals surface area contributed by atoms with E-state index in [1.54, 1.807) is 13.0 Å². The zero-order valence-corrected chi connectivity index (χ0v) is 10.0. The van der Waals surface area contributed by atoms with Gasteiger partial charge in [0.15, 0.2) is 0 Å². The highest BCUT2D eigenvalue weighted by atomic mass is 32.2. The number of hydrogen-bond acceptors (Lipinski definition) is 4. The molecule has 1 heterocycles. The molecule has 0 radical (unpaired) electrons. The summed E-state index contributed by atoms with van der Waals surface area (Å²) in [5, 5.41) is 8.38. The van der Waals surface area contributed by atoms with Crippen LogP contribution in [0.4, 0.5) is 0 Å². The van der Waals surface area contributed by atoms with Crippen LogP contribution in [0.5, 0.6) is 0 Å². The molecule has 1 rings (SSSR count). The Morgan fingerprint density at radius 1 is 1.31 bits per heavy atom. The fourth-order valence-corrected chi connectivity index (χ4v) is 2.66. The van der Waals surface area contributed by atoms with Crippen LogP contribution in [-0.4, -0.2) is 55.5 Å². The number of sulfonamides is 1. The molecule has 6 nitrogen and oxygen atoms in total. The summed E-state index contributed by atoms with van der Waals surface area (Å²) in [5.74, 6) is -0.143. The van der Waals surface area contributed by atoms with E-state index < -0.39 is 10.0 Å². The van der Waals surface area contributed by atoms with Crippen molar-refractivity contribution in [2.24, 2.45) is 0 Å². The van der Waals surface area contributed by atoms with Gasteiger partial charge < -0.3 is 4.90 Å². The Labute approximate surface area is 95.5 Å². The molecule has 0 aromatic rings. The third-order valence-electron chi connectivity index (χ3n) is 2.58. The molecule has 0 aromatic carbocycles. The normalized spacial score (nSPS) is 18.1. The van der Waals surface area contributed by atoms with Crippen LogP contribution in [0.2, 0.25) is 0 Å². The molecule has 1 aliphatic heterocycles. The maximum absolute atomic E-state index is 11.5. The summed E-state index contributed by atoms with van der Waals surface area (Å²) in [4.78, 5) is 12.9. The molecule has 0 N–H and O–H groups in total. The quantitative estimate of drug-likeness (QED) is 0.664. The number of hydrogen-bond donors (Lipinski definition) is 0. The standard InChI is InChI=1S/C9H15N3O3S/c1-2-16(14,15)12-7-5-11(6-8-12)9(13)3-4-10/h2-3,5-8H2,1H3.